The first-order valence-electron chi connectivity index (χ1n) is 5.07. The average molecular weight is 191 g/mol. The molecule has 1 aromatic carbocycles. The maximum Gasteiger partial charge on any atom is 0.217 e. The Morgan fingerprint density at radius 2 is 1.79 bits per heavy atom. The van der Waals surface area contributed by atoms with Crippen LogP contribution in [0.1, 0.15) is 31.7 Å². The molecule has 1 aromatic rings. The van der Waals surface area contributed by atoms with Crippen LogP contribution in [0, 0.1) is 0 Å². The highest BCUT2D eigenvalue weighted by Crippen LogP contribution is 2.14. The predicted molar refractivity (Wildman–Crippen MR) is 57.8 cm³/mol. The minimum atomic E-state index is 0.00820. The van der Waals surface area contributed by atoms with E-state index in [0.29, 0.717) is 6.54 Å². The van der Waals surface area contributed by atoms with Crippen LogP contribution in [-0.4, -0.2) is 5.91 Å². The number of benzene rings is 1. The molecule has 14 heavy (non-hydrogen) atoms. The van der Waals surface area contributed by atoms with Crippen LogP contribution in [0.4, 0.5) is 0 Å². The van der Waals surface area contributed by atoms with Gasteiger partial charge in [0.25, 0.3) is 0 Å². The Hall–Kier alpha value is -1.31. The zero-order chi connectivity index (χ0) is 10.2. The standard InChI is InChI=1S/C9H11NO.C3H6/c1-8(11)10-7-9-5-3-2-4-6-9;1-2-3-1/h2-6H,7H2,1H3,(H,10,11);1-3H2. The van der Waals surface area contributed by atoms with Crippen LogP contribution >= 0.6 is 0 Å². The van der Waals surface area contributed by atoms with Crippen LogP contribution in [0.3, 0.4) is 0 Å². The Morgan fingerprint density at radius 1 is 1.21 bits per heavy atom. The van der Waals surface area contributed by atoms with E-state index < -0.39 is 0 Å². The van der Waals surface area contributed by atoms with E-state index >= 15 is 0 Å². The number of carbonyl (C=O) groups excluding carboxylic acids is 1. The first kappa shape index (κ1) is 10.8. The highest BCUT2D eigenvalue weighted by atomic mass is 16.1. The van der Waals surface area contributed by atoms with Crippen LogP contribution in [0.5, 0.6) is 0 Å². The van der Waals surface area contributed by atoms with Crippen molar-refractivity contribution >= 4 is 5.91 Å². The number of rotatable bonds is 2. The molecule has 1 aliphatic carbocycles. The molecule has 0 atom stereocenters. The van der Waals surface area contributed by atoms with Gasteiger partial charge in [-0.25, -0.2) is 0 Å². The lowest BCUT2D eigenvalue weighted by molar-refractivity contribution is -0.119. The summed E-state index contributed by atoms with van der Waals surface area (Å²) in [4.78, 5) is 10.5. The predicted octanol–water partition coefficient (Wildman–Crippen LogP) is 2.49. The normalized spacial score (nSPS) is 12.4. The maximum absolute atomic E-state index is 10.5. The number of hydrogen-bond acceptors (Lipinski definition) is 1. The monoisotopic (exact) mass is 191 g/mol. The Labute approximate surface area is 85.3 Å². The zero-order valence-corrected chi connectivity index (χ0v) is 8.62. The lowest BCUT2D eigenvalue weighted by atomic mass is 10.2. The summed E-state index contributed by atoms with van der Waals surface area (Å²) in [5.74, 6) is 0.00820. The fourth-order valence-electron chi connectivity index (χ4n) is 0.822. The van der Waals surface area contributed by atoms with Crippen LogP contribution in [0.15, 0.2) is 30.3 Å². The van der Waals surface area contributed by atoms with Crippen molar-refractivity contribution in [2.45, 2.75) is 32.7 Å². The quantitative estimate of drug-likeness (QED) is 0.764. The van der Waals surface area contributed by atoms with Crippen molar-refractivity contribution in [3.05, 3.63) is 35.9 Å². The Bertz CT molecular complexity index is 264. The molecule has 76 valence electrons. The van der Waals surface area contributed by atoms with Gasteiger partial charge in [0.2, 0.25) is 5.91 Å². The molecule has 0 bridgehead atoms. The van der Waals surface area contributed by atoms with Gasteiger partial charge in [-0.15, -0.1) is 0 Å². The van der Waals surface area contributed by atoms with Gasteiger partial charge in [0.05, 0.1) is 0 Å². The van der Waals surface area contributed by atoms with Crippen molar-refractivity contribution in [2.24, 2.45) is 0 Å². The van der Waals surface area contributed by atoms with Gasteiger partial charge in [-0.2, -0.15) is 0 Å². The van der Waals surface area contributed by atoms with Crippen molar-refractivity contribution < 1.29 is 4.79 Å². The van der Waals surface area contributed by atoms with E-state index in [0.717, 1.165) is 5.56 Å². The SMILES string of the molecule is C1CC1.CC(=O)NCc1ccccc1. The second-order valence-electron chi connectivity index (χ2n) is 3.46. The fraction of sp³-hybridized carbons (Fsp3) is 0.417. The maximum atomic E-state index is 10.5. The van der Waals surface area contributed by atoms with E-state index in [1.54, 1.807) is 0 Å². The Balaban J connectivity index is 0.000000276. The van der Waals surface area contributed by atoms with Crippen molar-refractivity contribution in [1.82, 2.24) is 5.32 Å². The molecule has 0 unspecified atom stereocenters. The fourth-order valence-corrected chi connectivity index (χ4v) is 0.822. The van der Waals surface area contributed by atoms with Crippen LogP contribution in [-0.2, 0) is 11.3 Å². The molecular formula is C12H17NO. The summed E-state index contributed by atoms with van der Waals surface area (Å²) in [7, 11) is 0. The van der Waals surface area contributed by atoms with Crippen LogP contribution in [0.2, 0.25) is 0 Å². The smallest absolute Gasteiger partial charge is 0.217 e. The Morgan fingerprint density at radius 3 is 2.21 bits per heavy atom. The summed E-state index contributed by atoms with van der Waals surface area (Å²) < 4.78 is 0. The summed E-state index contributed by atoms with van der Waals surface area (Å²) >= 11 is 0. The van der Waals surface area contributed by atoms with Gasteiger partial charge in [-0.05, 0) is 5.56 Å². The van der Waals surface area contributed by atoms with Crippen molar-refractivity contribution in [2.75, 3.05) is 0 Å². The minimum Gasteiger partial charge on any atom is -0.352 e. The van der Waals surface area contributed by atoms with Crippen molar-refractivity contribution in [3.63, 3.8) is 0 Å². The summed E-state index contributed by atoms with van der Waals surface area (Å²) in [5, 5.41) is 2.72. The number of amides is 1. The van der Waals surface area contributed by atoms with Crippen LogP contribution < -0.4 is 5.32 Å². The molecule has 2 nitrogen and oxygen atoms in total. The Kier molecular flexibility index (Phi) is 4.76. The summed E-state index contributed by atoms with van der Waals surface area (Å²) in [5.41, 5.74) is 1.13. The van der Waals surface area contributed by atoms with E-state index in [1.807, 2.05) is 30.3 Å². The second-order valence-corrected chi connectivity index (χ2v) is 3.46. The minimum absolute atomic E-state index is 0.00820. The molecule has 0 aliphatic heterocycles. The molecule has 1 aliphatic rings. The largest absolute Gasteiger partial charge is 0.352 e. The summed E-state index contributed by atoms with van der Waals surface area (Å²) in [6.07, 6.45) is 4.50. The lowest BCUT2D eigenvalue weighted by Crippen LogP contribution is -2.18. The van der Waals surface area contributed by atoms with Gasteiger partial charge in [0, 0.05) is 13.5 Å². The molecule has 0 radical (unpaired) electrons. The molecular weight excluding hydrogens is 174 g/mol. The van der Waals surface area contributed by atoms with E-state index in [-0.39, 0.29) is 5.91 Å². The zero-order valence-electron chi connectivity index (χ0n) is 8.62. The first-order chi connectivity index (χ1) is 6.79. The number of carbonyl (C=O) groups is 1. The number of hydrogen-bond donors (Lipinski definition) is 1. The molecule has 0 heterocycles. The molecule has 0 aromatic heterocycles. The van der Waals surface area contributed by atoms with Crippen molar-refractivity contribution in [3.8, 4) is 0 Å². The average Bonchev–Trinajstić information content (AvgIpc) is 3.03. The molecule has 1 fully saturated rings. The van der Waals surface area contributed by atoms with Gasteiger partial charge < -0.3 is 5.32 Å². The number of nitrogens with one attached hydrogen (secondary N) is 1. The molecule has 2 rings (SSSR count). The first-order valence-corrected chi connectivity index (χ1v) is 5.07. The lowest BCUT2D eigenvalue weighted by Gasteiger charge is -2.00. The highest BCUT2D eigenvalue weighted by Gasteiger charge is 1.95. The summed E-state index contributed by atoms with van der Waals surface area (Å²) in [6.45, 7) is 2.14. The molecule has 2 heteroatoms. The molecule has 0 spiro atoms. The van der Waals surface area contributed by atoms with Gasteiger partial charge in [-0.1, -0.05) is 49.6 Å². The van der Waals surface area contributed by atoms with E-state index in [1.165, 1.54) is 26.2 Å². The van der Waals surface area contributed by atoms with Gasteiger partial charge in [0.15, 0.2) is 0 Å². The molecule has 0 saturated heterocycles. The third-order valence-electron chi connectivity index (χ3n) is 1.74. The molecule has 1 saturated carbocycles. The molecule has 1 amide bonds. The van der Waals surface area contributed by atoms with E-state index in [4.69, 9.17) is 0 Å². The van der Waals surface area contributed by atoms with Crippen molar-refractivity contribution in [1.29, 1.82) is 0 Å². The van der Waals surface area contributed by atoms with E-state index in [9.17, 15) is 4.79 Å². The summed E-state index contributed by atoms with van der Waals surface area (Å²) in [6, 6.07) is 9.83. The van der Waals surface area contributed by atoms with E-state index in [2.05, 4.69) is 5.32 Å². The van der Waals surface area contributed by atoms with Crippen LogP contribution in [0.25, 0.3) is 0 Å². The highest BCUT2D eigenvalue weighted by molar-refractivity contribution is 5.72. The second kappa shape index (κ2) is 6.19. The van der Waals surface area contributed by atoms with Gasteiger partial charge >= 0.3 is 0 Å². The topological polar surface area (TPSA) is 29.1 Å². The molecule has 1 N–H and O–H groups in total. The van der Waals surface area contributed by atoms with Gasteiger partial charge in [-0.3, -0.25) is 4.79 Å². The van der Waals surface area contributed by atoms with Gasteiger partial charge in [0.1, 0.15) is 0 Å². The third kappa shape index (κ3) is 6.23. The third-order valence-corrected chi connectivity index (χ3v) is 1.74.